The first-order valence-electron chi connectivity index (χ1n) is 8.15. The minimum atomic E-state index is -0.315. The van der Waals surface area contributed by atoms with Crippen LogP contribution in [-0.4, -0.2) is 33.4 Å². The van der Waals surface area contributed by atoms with Gasteiger partial charge in [-0.05, 0) is 33.3 Å². The second-order valence-electron chi connectivity index (χ2n) is 8.58. The molecule has 0 amide bonds. The Kier molecular flexibility index (Phi) is 3.37. The van der Waals surface area contributed by atoms with Crippen molar-refractivity contribution in [3.8, 4) is 0 Å². The van der Waals surface area contributed by atoms with Gasteiger partial charge in [0.1, 0.15) is 5.82 Å². The summed E-state index contributed by atoms with van der Waals surface area (Å²) in [4.78, 5) is 19.8. The molecule has 3 heterocycles. The Bertz CT molecular complexity index is 597. The van der Waals surface area contributed by atoms with E-state index in [4.69, 9.17) is 0 Å². The van der Waals surface area contributed by atoms with Gasteiger partial charge in [0, 0.05) is 28.6 Å². The number of nitrogens with zero attached hydrogens (tertiary/aromatic N) is 2. The van der Waals surface area contributed by atoms with Crippen LogP contribution in [-0.2, 0) is 4.79 Å². The SMILES string of the molecule is CC(C)(C)C(=O)C1CC2c3cccnc3NC2N1C(C)(C)C. The summed E-state index contributed by atoms with van der Waals surface area (Å²) < 4.78 is 0. The quantitative estimate of drug-likeness (QED) is 0.863. The van der Waals surface area contributed by atoms with E-state index in [0.717, 1.165) is 12.2 Å². The van der Waals surface area contributed by atoms with Gasteiger partial charge >= 0.3 is 0 Å². The average molecular weight is 301 g/mol. The Morgan fingerprint density at radius 2 is 1.95 bits per heavy atom. The van der Waals surface area contributed by atoms with Crippen molar-refractivity contribution < 1.29 is 4.79 Å². The number of ketones is 1. The number of pyridine rings is 1. The van der Waals surface area contributed by atoms with Gasteiger partial charge in [0.25, 0.3) is 0 Å². The molecule has 1 fully saturated rings. The van der Waals surface area contributed by atoms with E-state index in [1.807, 2.05) is 33.0 Å². The van der Waals surface area contributed by atoms with Crippen LogP contribution < -0.4 is 5.32 Å². The molecule has 2 aliphatic rings. The summed E-state index contributed by atoms with van der Waals surface area (Å²) in [7, 11) is 0. The molecule has 1 aromatic rings. The highest BCUT2D eigenvalue weighted by Gasteiger charge is 2.53. The van der Waals surface area contributed by atoms with Crippen molar-refractivity contribution in [3.05, 3.63) is 23.9 Å². The van der Waals surface area contributed by atoms with E-state index >= 15 is 0 Å². The molecule has 0 aromatic carbocycles. The smallest absolute Gasteiger partial charge is 0.155 e. The Hall–Kier alpha value is -1.42. The molecule has 1 N–H and O–H groups in total. The van der Waals surface area contributed by atoms with E-state index < -0.39 is 0 Å². The van der Waals surface area contributed by atoms with Crippen LogP contribution in [0.25, 0.3) is 0 Å². The molecule has 4 nitrogen and oxygen atoms in total. The Balaban J connectivity index is 2.00. The highest BCUT2D eigenvalue weighted by Crippen LogP contribution is 2.48. The third kappa shape index (κ3) is 2.34. The fourth-order valence-corrected chi connectivity index (χ4v) is 3.93. The van der Waals surface area contributed by atoms with E-state index in [0.29, 0.717) is 11.7 Å². The summed E-state index contributed by atoms with van der Waals surface area (Å²) in [5.74, 6) is 1.66. The van der Waals surface area contributed by atoms with Crippen molar-refractivity contribution in [2.75, 3.05) is 5.32 Å². The van der Waals surface area contributed by atoms with Crippen molar-refractivity contribution in [2.45, 2.75) is 71.6 Å². The number of anilines is 1. The molecule has 0 saturated carbocycles. The monoisotopic (exact) mass is 301 g/mol. The van der Waals surface area contributed by atoms with Crippen LogP contribution in [0.1, 0.15) is 59.4 Å². The van der Waals surface area contributed by atoms with Crippen LogP contribution in [0.3, 0.4) is 0 Å². The molecule has 3 unspecified atom stereocenters. The minimum Gasteiger partial charge on any atom is -0.354 e. The summed E-state index contributed by atoms with van der Waals surface area (Å²) in [6.45, 7) is 12.6. The fraction of sp³-hybridized carbons (Fsp3) is 0.667. The van der Waals surface area contributed by atoms with Crippen LogP contribution >= 0.6 is 0 Å². The standard InChI is InChI=1S/C18H27N3O/c1-17(2,3)14(22)13-10-12-11-8-7-9-19-15(11)20-16(12)21(13)18(4,5)6/h7-9,12-13,16H,10H2,1-6H3,(H,19,20). The molecule has 120 valence electrons. The van der Waals surface area contributed by atoms with Crippen LogP contribution in [0.4, 0.5) is 5.82 Å². The molecule has 4 heteroatoms. The van der Waals surface area contributed by atoms with E-state index in [-0.39, 0.29) is 23.2 Å². The van der Waals surface area contributed by atoms with Gasteiger partial charge in [-0.2, -0.15) is 0 Å². The van der Waals surface area contributed by atoms with Crippen molar-refractivity contribution in [1.29, 1.82) is 0 Å². The number of rotatable bonds is 1. The fourth-order valence-electron chi connectivity index (χ4n) is 3.93. The maximum atomic E-state index is 13.0. The summed E-state index contributed by atoms with van der Waals surface area (Å²) in [5.41, 5.74) is 0.871. The van der Waals surface area contributed by atoms with Crippen molar-refractivity contribution in [1.82, 2.24) is 9.88 Å². The lowest BCUT2D eigenvalue weighted by atomic mass is 9.83. The Labute approximate surface area is 133 Å². The first kappa shape index (κ1) is 15.5. The van der Waals surface area contributed by atoms with E-state index in [1.165, 1.54) is 5.56 Å². The normalized spacial score (nSPS) is 28.2. The highest BCUT2D eigenvalue weighted by atomic mass is 16.1. The molecule has 0 bridgehead atoms. The number of nitrogens with one attached hydrogen (secondary N) is 1. The number of carbonyl (C=O) groups is 1. The van der Waals surface area contributed by atoms with Crippen molar-refractivity contribution >= 4 is 11.6 Å². The topological polar surface area (TPSA) is 45.2 Å². The van der Waals surface area contributed by atoms with Gasteiger partial charge in [0.15, 0.2) is 5.78 Å². The maximum absolute atomic E-state index is 13.0. The first-order chi connectivity index (χ1) is 10.1. The lowest BCUT2D eigenvalue weighted by molar-refractivity contribution is -0.133. The molecular formula is C18H27N3O. The zero-order valence-corrected chi connectivity index (χ0v) is 14.5. The maximum Gasteiger partial charge on any atom is 0.155 e. The molecule has 1 aromatic heterocycles. The predicted octanol–water partition coefficient (Wildman–Crippen LogP) is 3.40. The molecule has 0 spiro atoms. The first-order valence-corrected chi connectivity index (χ1v) is 8.15. The van der Waals surface area contributed by atoms with Gasteiger partial charge in [0.2, 0.25) is 0 Å². The number of carbonyl (C=O) groups excluding carboxylic acids is 1. The van der Waals surface area contributed by atoms with E-state index in [9.17, 15) is 4.79 Å². The molecule has 1 saturated heterocycles. The highest BCUT2D eigenvalue weighted by molar-refractivity contribution is 5.89. The third-order valence-electron chi connectivity index (χ3n) is 4.83. The molecular weight excluding hydrogens is 274 g/mol. The van der Waals surface area contributed by atoms with E-state index in [2.05, 4.69) is 42.0 Å². The van der Waals surface area contributed by atoms with Gasteiger partial charge < -0.3 is 5.32 Å². The Morgan fingerprint density at radius 3 is 2.55 bits per heavy atom. The summed E-state index contributed by atoms with van der Waals surface area (Å²) in [5, 5.41) is 3.55. The summed E-state index contributed by atoms with van der Waals surface area (Å²) in [6, 6.07) is 4.10. The molecule has 0 radical (unpaired) electrons. The van der Waals surface area contributed by atoms with Crippen LogP contribution in [0.2, 0.25) is 0 Å². The van der Waals surface area contributed by atoms with Gasteiger partial charge in [-0.25, -0.2) is 4.98 Å². The lowest BCUT2D eigenvalue weighted by Gasteiger charge is -2.41. The second kappa shape index (κ2) is 4.79. The van der Waals surface area contributed by atoms with Crippen LogP contribution in [0.15, 0.2) is 18.3 Å². The number of likely N-dealkylation sites (tertiary alicyclic amines) is 1. The molecule has 3 atom stereocenters. The molecule has 0 aliphatic carbocycles. The van der Waals surface area contributed by atoms with Gasteiger partial charge in [-0.15, -0.1) is 0 Å². The largest absolute Gasteiger partial charge is 0.354 e. The van der Waals surface area contributed by atoms with Crippen molar-refractivity contribution in [3.63, 3.8) is 0 Å². The zero-order valence-electron chi connectivity index (χ0n) is 14.5. The zero-order chi connectivity index (χ0) is 16.3. The van der Waals surface area contributed by atoms with Gasteiger partial charge in [-0.3, -0.25) is 9.69 Å². The number of Topliss-reactive ketones (excluding diaryl/α,β-unsaturated/α-hetero) is 1. The minimum absolute atomic E-state index is 0.0316. The van der Waals surface area contributed by atoms with E-state index in [1.54, 1.807) is 0 Å². The summed E-state index contributed by atoms with van der Waals surface area (Å²) in [6.07, 6.45) is 2.87. The number of hydrogen-bond acceptors (Lipinski definition) is 4. The number of hydrogen-bond donors (Lipinski definition) is 1. The van der Waals surface area contributed by atoms with Gasteiger partial charge in [0.05, 0.1) is 12.2 Å². The van der Waals surface area contributed by atoms with Gasteiger partial charge in [-0.1, -0.05) is 26.8 Å². The van der Waals surface area contributed by atoms with Crippen molar-refractivity contribution in [2.24, 2.45) is 5.41 Å². The molecule has 3 rings (SSSR count). The number of fused-ring (bicyclic) bond motifs is 3. The molecule has 2 aliphatic heterocycles. The van der Waals surface area contributed by atoms with Crippen LogP contribution in [0.5, 0.6) is 0 Å². The third-order valence-corrected chi connectivity index (χ3v) is 4.83. The molecule has 22 heavy (non-hydrogen) atoms. The second-order valence-corrected chi connectivity index (χ2v) is 8.58. The summed E-state index contributed by atoms with van der Waals surface area (Å²) >= 11 is 0. The number of aromatic nitrogens is 1. The predicted molar refractivity (Wildman–Crippen MR) is 88.8 cm³/mol. The average Bonchev–Trinajstić information content (AvgIpc) is 2.90. The van der Waals surface area contributed by atoms with Crippen LogP contribution in [0, 0.1) is 5.41 Å². The lowest BCUT2D eigenvalue weighted by Crippen LogP contribution is -2.55. The Morgan fingerprint density at radius 1 is 1.27 bits per heavy atom.